The molecule has 3 aromatic rings. The van der Waals surface area contributed by atoms with Crippen LogP contribution in [0.3, 0.4) is 0 Å². The Labute approximate surface area is 157 Å². The number of para-hydroxylation sites is 1. The number of thioether (sulfide) groups is 1. The standard InChI is InChI=1S/C18H15FN2O3S2/c1-24-18(23)11-6-7-12(19)14(8-11)20-16(22)9-25-10-17-21-13-4-2-3-5-15(13)26-17/h2-8H,9-10H2,1H3,(H,20,22). The van der Waals surface area contributed by atoms with Crippen molar-refractivity contribution in [1.29, 1.82) is 0 Å². The molecule has 0 saturated heterocycles. The molecule has 0 radical (unpaired) electrons. The van der Waals surface area contributed by atoms with Gasteiger partial charge in [0.1, 0.15) is 10.8 Å². The lowest BCUT2D eigenvalue weighted by Crippen LogP contribution is -2.16. The van der Waals surface area contributed by atoms with Gasteiger partial charge in [-0.1, -0.05) is 12.1 Å². The van der Waals surface area contributed by atoms with Gasteiger partial charge in [-0.15, -0.1) is 23.1 Å². The maximum atomic E-state index is 13.8. The number of benzene rings is 2. The van der Waals surface area contributed by atoms with Gasteiger partial charge in [-0.3, -0.25) is 4.79 Å². The van der Waals surface area contributed by atoms with Crippen molar-refractivity contribution >= 4 is 50.9 Å². The van der Waals surface area contributed by atoms with E-state index in [2.05, 4.69) is 15.0 Å². The molecule has 1 N–H and O–H groups in total. The van der Waals surface area contributed by atoms with E-state index in [1.54, 1.807) is 11.3 Å². The predicted octanol–water partition coefficient (Wildman–Crippen LogP) is 4.09. The van der Waals surface area contributed by atoms with Gasteiger partial charge in [0.05, 0.1) is 34.3 Å². The summed E-state index contributed by atoms with van der Waals surface area (Å²) in [7, 11) is 1.24. The van der Waals surface area contributed by atoms with Crippen LogP contribution in [-0.4, -0.2) is 29.7 Å². The van der Waals surface area contributed by atoms with Crippen molar-refractivity contribution in [3.05, 3.63) is 58.9 Å². The van der Waals surface area contributed by atoms with E-state index < -0.39 is 11.8 Å². The van der Waals surface area contributed by atoms with E-state index >= 15 is 0 Å². The molecule has 3 rings (SSSR count). The van der Waals surface area contributed by atoms with Crippen molar-refractivity contribution in [2.24, 2.45) is 0 Å². The van der Waals surface area contributed by atoms with Gasteiger partial charge in [0.15, 0.2) is 0 Å². The highest BCUT2D eigenvalue weighted by atomic mass is 32.2. The molecule has 26 heavy (non-hydrogen) atoms. The van der Waals surface area contributed by atoms with Gasteiger partial charge in [0, 0.05) is 5.75 Å². The van der Waals surface area contributed by atoms with E-state index in [4.69, 9.17) is 0 Å². The third-order valence-electron chi connectivity index (χ3n) is 3.46. The molecule has 8 heteroatoms. The summed E-state index contributed by atoms with van der Waals surface area (Å²) in [5, 5.41) is 3.42. The number of carbonyl (C=O) groups excluding carboxylic acids is 2. The average molecular weight is 390 g/mol. The number of nitrogens with zero attached hydrogens (tertiary/aromatic N) is 1. The molecule has 0 atom stereocenters. The molecule has 0 aliphatic heterocycles. The van der Waals surface area contributed by atoms with Crippen molar-refractivity contribution in [2.45, 2.75) is 5.75 Å². The highest BCUT2D eigenvalue weighted by Gasteiger charge is 2.12. The number of hydrogen-bond acceptors (Lipinski definition) is 6. The number of fused-ring (bicyclic) bond motifs is 1. The summed E-state index contributed by atoms with van der Waals surface area (Å²) in [6, 6.07) is 11.5. The van der Waals surface area contributed by atoms with E-state index in [0.29, 0.717) is 5.75 Å². The van der Waals surface area contributed by atoms with Crippen molar-refractivity contribution < 1.29 is 18.7 Å². The van der Waals surface area contributed by atoms with Gasteiger partial charge in [-0.05, 0) is 30.3 Å². The zero-order chi connectivity index (χ0) is 18.5. The molecule has 0 saturated carbocycles. The number of amides is 1. The van der Waals surface area contributed by atoms with Crippen LogP contribution in [-0.2, 0) is 15.3 Å². The minimum Gasteiger partial charge on any atom is -0.465 e. The minimum absolute atomic E-state index is 0.0431. The number of rotatable bonds is 6. The number of thiazole rings is 1. The van der Waals surface area contributed by atoms with Crippen LogP contribution in [0.4, 0.5) is 10.1 Å². The van der Waals surface area contributed by atoms with Gasteiger partial charge >= 0.3 is 5.97 Å². The van der Waals surface area contributed by atoms with E-state index in [9.17, 15) is 14.0 Å². The molecule has 1 heterocycles. The monoisotopic (exact) mass is 390 g/mol. The number of methoxy groups -OCH3 is 1. The van der Waals surface area contributed by atoms with Gasteiger partial charge in [0.2, 0.25) is 5.91 Å². The van der Waals surface area contributed by atoms with Gasteiger partial charge < -0.3 is 10.1 Å². The first kappa shape index (κ1) is 18.3. The molecule has 2 aromatic carbocycles. The second-order valence-corrected chi connectivity index (χ2v) is 7.40. The highest BCUT2D eigenvalue weighted by Crippen LogP contribution is 2.25. The number of nitrogens with one attached hydrogen (secondary N) is 1. The first-order chi connectivity index (χ1) is 12.6. The number of ether oxygens (including phenoxy) is 1. The molecular formula is C18H15FN2O3S2. The number of anilines is 1. The summed E-state index contributed by atoms with van der Waals surface area (Å²) in [4.78, 5) is 28.0. The van der Waals surface area contributed by atoms with Crippen LogP contribution in [0.25, 0.3) is 10.2 Å². The Morgan fingerprint density at radius 1 is 1.27 bits per heavy atom. The van der Waals surface area contributed by atoms with E-state index in [1.165, 1.54) is 31.0 Å². The maximum absolute atomic E-state index is 13.8. The molecule has 0 fully saturated rings. The summed E-state index contributed by atoms with van der Waals surface area (Å²) in [5.74, 6) is -0.806. The Bertz CT molecular complexity index is 926. The van der Waals surface area contributed by atoms with Crippen molar-refractivity contribution in [3.8, 4) is 0 Å². The molecule has 0 aliphatic carbocycles. The second kappa shape index (κ2) is 8.29. The van der Waals surface area contributed by atoms with Crippen molar-refractivity contribution in [2.75, 3.05) is 18.2 Å². The third-order valence-corrected chi connectivity index (χ3v) is 5.62. The average Bonchev–Trinajstić information content (AvgIpc) is 3.05. The Balaban J connectivity index is 1.56. The summed E-state index contributed by atoms with van der Waals surface area (Å²) in [6.07, 6.45) is 0. The topological polar surface area (TPSA) is 68.3 Å². The number of halogens is 1. The fourth-order valence-corrected chi connectivity index (χ4v) is 4.11. The van der Waals surface area contributed by atoms with Crippen LogP contribution in [0.1, 0.15) is 15.4 Å². The normalized spacial score (nSPS) is 10.7. The molecule has 0 spiro atoms. The Morgan fingerprint density at radius 3 is 2.85 bits per heavy atom. The molecular weight excluding hydrogens is 375 g/mol. The summed E-state index contributed by atoms with van der Waals surface area (Å²) in [6.45, 7) is 0. The highest BCUT2D eigenvalue weighted by molar-refractivity contribution is 7.99. The Morgan fingerprint density at radius 2 is 2.08 bits per heavy atom. The van der Waals surface area contributed by atoms with Crippen LogP contribution in [0.15, 0.2) is 42.5 Å². The van der Waals surface area contributed by atoms with Gasteiger partial charge in [-0.25, -0.2) is 14.2 Å². The predicted molar refractivity (Wildman–Crippen MR) is 102 cm³/mol. The zero-order valence-corrected chi connectivity index (χ0v) is 15.5. The number of carbonyl (C=O) groups is 2. The smallest absolute Gasteiger partial charge is 0.337 e. The van der Waals surface area contributed by atoms with Crippen LogP contribution in [0.2, 0.25) is 0 Å². The van der Waals surface area contributed by atoms with Crippen molar-refractivity contribution in [1.82, 2.24) is 4.98 Å². The summed E-state index contributed by atoms with van der Waals surface area (Å²) < 4.78 is 19.5. The summed E-state index contributed by atoms with van der Waals surface area (Å²) >= 11 is 2.98. The van der Waals surface area contributed by atoms with Crippen LogP contribution in [0.5, 0.6) is 0 Å². The second-order valence-electron chi connectivity index (χ2n) is 5.30. The fourth-order valence-electron chi connectivity index (χ4n) is 2.26. The molecule has 0 unspecified atom stereocenters. The molecule has 0 aliphatic rings. The van der Waals surface area contributed by atoms with E-state index in [1.807, 2.05) is 24.3 Å². The minimum atomic E-state index is -0.609. The quantitative estimate of drug-likeness (QED) is 0.642. The van der Waals surface area contributed by atoms with Gasteiger partial charge in [-0.2, -0.15) is 0 Å². The Kier molecular flexibility index (Phi) is 5.85. The first-order valence-electron chi connectivity index (χ1n) is 7.66. The number of esters is 1. The van der Waals surface area contributed by atoms with E-state index in [-0.39, 0.29) is 22.9 Å². The molecule has 0 bridgehead atoms. The van der Waals surface area contributed by atoms with E-state index in [0.717, 1.165) is 21.3 Å². The molecule has 5 nitrogen and oxygen atoms in total. The summed E-state index contributed by atoms with van der Waals surface area (Å²) in [5.41, 5.74) is 1.07. The fraction of sp³-hybridized carbons (Fsp3) is 0.167. The van der Waals surface area contributed by atoms with Crippen LogP contribution >= 0.6 is 23.1 Å². The molecule has 1 aromatic heterocycles. The van der Waals surface area contributed by atoms with Crippen molar-refractivity contribution in [3.63, 3.8) is 0 Å². The lowest BCUT2D eigenvalue weighted by Gasteiger charge is -2.08. The third kappa shape index (κ3) is 4.39. The number of hydrogen-bond donors (Lipinski definition) is 1. The largest absolute Gasteiger partial charge is 0.465 e. The number of aromatic nitrogens is 1. The first-order valence-corrected chi connectivity index (χ1v) is 9.64. The van der Waals surface area contributed by atoms with Gasteiger partial charge in [0.25, 0.3) is 0 Å². The molecule has 134 valence electrons. The Hall–Kier alpha value is -2.45. The molecule has 1 amide bonds. The zero-order valence-electron chi connectivity index (χ0n) is 13.8. The maximum Gasteiger partial charge on any atom is 0.337 e. The van der Waals surface area contributed by atoms with Crippen LogP contribution < -0.4 is 5.32 Å². The lowest BCUT2D eigenvalue weighted by molar-refractivity contribution is -0.113. The van der Waals surface area contributed by atoms with Crippen LogP contribution in [0, 0.1) is 5.82 Å². The SMILES string of the molecule is COC(=O)c1ccc(F)c(NC(=O)CSCc2nc3ccccc3s2)c1. The lowest BCUT2D eigenvalue weighted by atomic mass is 10.2.